The number of hydrogen-bond acceptors (Lipinski definition) is 2. The van der Waals surface area contributed by atoms with Gasteiger partial charge in [-0.2, -0.15) is 8.78 Å². The fraction of sp³-hybridized carbons (Fsp3) is 0.250. The minimum atomic E-state index is -3.40. The van der Waals surface area contributed by atoms with Gasteiger partial charge in [0.2, 0.25) is 6.23 Å². The molecule has 1 aromatic carbocycles. The van der Waals surface area contributed by atoms with E-state index in [4.69, 9.17) is 16.3 Å². The summed E-state index contributed by atoms with van der Waals surface area (Å²) in [6, 6.07) is 6.68. The number of nitrogens with one attached hydrogen (secondary N) is 1. The van der Waals surface area contributed by atoms with Crippen molar-refractivity contribution in [3.8, 4) is 5.75 Å². The average Bonchev–Trinajstić information content (AvgIpc) is 2.45. The number of alkyl halides is 3. The molecule has 0 bridgehead atoms. The van der Waals surface area contributed by atoms with Crippen LogP contribution in [0.5, 0.6) is 5.75 Å². The topological polar surface area (TPSA) is 21.3 Å². The summed E-state index contributed by atoms with van der Waals surface area (Å²) in [4.78, 5) is 0. The molecule has 0 aliphatic carbocycles. The summed E-state index contributed by atoms with van der Waals surface area (Å²) in [6.45, 7) is 0. The number of anilines is 1. The fourth-order valence-electron chi connectivity index (χ4n) is 1.13. The summed E-state index contributed by atoms with van der Waals surface area (Å²) in [6.07, 6.45) is -1.48. The van der Waals surface area contributed by atoms with Gasteiger partial charge < -0.3 is 10.1 Å². The Morgan fingerprint density at radius 2 is 2.08 bits per heavy atom. The maximum Gasteiger partial charge on any atom is 0.376 e. The van der Waals surface area contributed by atoms with Crippen molar-refractivity contribution in [1.82, 2.24) is 0 Å². The zero-order valence-corrected chi connectivity index (χ0v) is 7.18. The summed E-state index contributed by atoms with van der Waals surface area (Å²) in [7, 11) is 0. The highest BCUT2D eigenvalue weighted by atomic mass is 35.5. The lowest BCUT2D eigenvalue weighted by molar-refractivity contribution is -0.00341. The van der Waals surface area contributed by atoms with Crippen molar-refractivity contribution in [2.45, 2.75) is 11.6 Å². The molecule has 1 unspecified atom stereocenters. The van der Waals surface area contributed by atoms with Crippen LogP contribution in [0.25, 0.3) is 0 Å². The Hall–Kier alpha value is -1.03. The Morgan fingerprint density at radius 1 is 1.38 bits per heavy atom. The number of halogens is 3. The van der Waals surface area contributed by atoms with E-state index in [1.807, 2.05) is 0 Å². The third kappa shape index (κ3) is 1.54. The minimum Gasteiger partial charge on any atom is -0.461 e. The van der Waals surface area contributed by atoms with Crippen molar-refractivity contribution in [1.29, 1.82) is 0 Å². The number of para-hydroxylation sites is 2. The molecule has 2 nitrogen and oxygen atoms in total. The van der Waals surface area contributed by atoms with Gasteiger partial charge in [-0.15, -0.1) is 0 Å². The molecule has 0 spiro atoms. The van der Waals surface area contributed by atoms with Crippen LogP contribution >= 0.6 is 11.6 Å². The van der Waals surface area contributed by atoms with E-state index in [-0.39, 0.29) is 0 Å². The van der Waals surface area contributed by atoms with Crippen LogP contribution < -0.4 is 10.1 Å². The molecule has 1 aliphatic rings. The largest absolute Gasteiger partial charge is 0.461 e. The van der Waals surface area contributed by atoms with Crippen molar-refractivity contribution < 1.29 is 13.5 Å². The summed E-state index contributed by atoms with van der Waals surface area (Å²) in [5.41, 5.74) is 0.535. The molecule has 1 atom stereocenters. The van der Waals surface area contributed by atoms with Crippen molar-refractivity contribution in [3.05, 3.63) is 24.3 Å². The summed E-state index contributed by atoms with van der Waals surface area (Å²) in [5, 5.41) is -0.934. The van der Waals surface area contributed by atoms with Gasteiger partial charge in [-0.3, -0.25) is 0 Å². The van der Waals surface area contributed by atoms with Gasteiger partial charge in [0.25, 0.3) is 0 Å². The third-order valence-corrected chi connectivity index (χ3v) is 1.91. The van der Waals surface area contributed by atoms with Crippen molar-refractivity contribution in [2.75, 3.05) is 5.32 Å². The quantitative estimate of drug-likeness (QED) is 0.712. The van der Waals surface area contributed by atoms with Crippen LogP contribution in [0.15, 0.2) is 24.3 Å². The van der Waals surface area contributed by atoms with E-state index in [1.165, 1.54) is 0 Å². The number of hydrogen-bond donors (Lipinski definition) is 1. The van der Waals surface area contributed by atoms with E-state index in [2.05, 4.69) is 5.32 Å². The first kappa shape index (κ1) is 8.56. The highest BCUT2D eigenvalue weighted by molar-refractivity contribution is 6.22. The molecular formula is C8H6ClF2NO. The molecule has 0 aromatic heterocycles. The Kier molecular flexibility index (Phi) is 1.80. The van der Waals surface area contributed by atoms with Crippen molar-refractivity contribution in [3.63, 3.8) is 0 Å². The molecule has 2 rings (SSSR count). The lowest BCUT2D eigenvalue weighted by Crippen LogP contribution is -2.36. The van der Waals surface area contributed by atoms with Crippen LogP contribution in [0, 0.1) is 0 Å². The summed E-state index contributed by atoms with van der Waals surface area (Å²) < 4.78 is 30.0. The fourth-order valence-corrected chi connectivity index (χ4v) is 1.23. The zero-order valence-electron chi connectivity index (χ0n) is 6.43. The van der Waals surface area contributed by atoms with Gasteiger partial charge in [-0.05, 0) is 23.7 Å². The van der Waals surface area contributed by atoms with E-state index in [0.29, 0.717) is 11.4 Å². The Balaban J connectivity index is 2.23. The molecule has 70 valence electrons. The maximum absolute atomic E-state index is 12.6. The predicted molar refractivity (Wildman–Crippen MR) is 45.3 cm³/mol. The van der Waals surface area contributed by atoms with Crippen LogP contribution in [0.2, 0.25) is 0 Å². The van der Waals surface area contributed by atoms with Crippen LogP contribution in [-0.2, 0) is 0 Å². The van der Waals surface area contributed by atoms with Crippen molar-refractivity contribution >= 4 is 17.3 Å². The first-order valence-electron chi connectivity index (χ1n) is 3.66. The Labute approximate surface area is 78.5 Å². The lowest BCUT2D eigenvalue weighted by Gasteiger charge is -2.15. The van der Waals surface area contributed by atoms with E-state index >= 15 is 0 Å². The van der Waals surface area contributed by atoms with Crippen LogP contribution in [0.4, 0.5) is 14.5 Å². The Morgan fingerprint density at radius 3 is 2.69 bits per heavy atom. The van der Waals surface area contributed by atoms with Gasteiger partial charge in [0.05, 0.1) is 5.69 Å². The van der Waals surface area contributed by atoms with E-state index < -0.39 is 11.6 Å². The second-order valence-electron chi connectivity index (χ2n) is 2.68. The lowest BCUT2D eigenvalue weighted by atomic mass is 10.3. The third-order valence-electron chi connectivity index (χ3n) is 1.72. The molecule has 5 heteroatoms. The van der Waals surface area contributed by atoms with Gasteiger partial charge in [-0.1, -0.05) is 12.1 Å². The monoisotopic (exact) mass is 205 g/mol. The van der Waals surface area contributed by atoms with Gasteiger partial charge in [0.15, 0.2) is 0 Å². The second-order valence-corrected chi connectivity index (χ2v) is 3.18. The molecule has 0 saturated heterocycles. The van der Waals surface area contributed by atoms with Gasteiger partial charge in [0, 0.05) is 0 Å². The number of benzene rings is 1. The summed E-state index contributed by atoms with van der Waals surface area (Å²) >= 11 is 4.81. The first-order chi connectivity index (χ1) is 6.07. The molecule has 1 aliphatic heterocycles. The SMILES string of the molecule is FC(F)(Cl)C1Nc2ccccc2O1. The van der Waals surface area contributed by atoms with E-state index in [1.54, 1.807) is 24.3 Å². The minimum absolute atomic E-state index is 0.396. The van der Waals surface area contributed by atoms with E-state index in [0.717, 1.165) is 0 Å². The molecule has 0 fully saturated rings. The number of ether oxygens (including phenoxy) is 1. The maximum atomic E-state index is 12.6. The molecule has 1 aromatic rings. The average molecular weight is 206 g/mol. The highest BCUT2D eigenvalue weighted by Gasteiger charge is 2.43. The van der Waals surface area contributed by atoms with Crippen LogP contribution in [0.1, 0.15) is 0 Å². The standard InChI is InChI=1S/C8H6ClF2NO/c9-8(10,11)7-12-5-3-1-2-4-6(5)13-7/h1-4,7,12H. The van der Waals surface area contributed by atoms with Crippen LogP contribution in [0.3, 0.4) is 0 Å². The molecule has 13 heavy (non-hydrogen) atoms. The smallest absolute Gasteiger partial charge is 0.376 e. The van der Waals surface area contributed by atoms with Crippen LogP contribution in [-0.4, -0.2) is 11.6 Å². The van der Waals surface area contributed by atoms with Crippen molar-refractivity contribution in [2.24, 2.45) is 0 Å². The molecular weight excluding hydrogens is 200 g/mol. The zero-order chi connectivity index (χ0) is 9.47. The Bertz CT molecular complexity index is 301. The molecule has 1 heterocycles. The van der Waals surface area contributed by atoms with E-state index in [9.17, 15) is 8.78 Å². The molecule has 0 amide bonds. The number of rotatable bonds is 1. The second kappa shape index (κ2) is 2.73. The van der Waals surface area contributed by atoms with Gasteiger partial charge in [0.1, 0.15) is 5.75 Å². The molecule has 0 radical (unpaired) electrons. The predicted octanol–water partition coefficient (Wildman–Crippen LogP) is 2.65. The normalized spacial score (nSPS) is 20.4. The highest BCUT2D eigenvalue weighted by Crippen LogP contribution is 2.37. The van der Waals surface area contributed by atoms with Gasteiger partial charge in [-0.25, -0.2) is 0 Å². The summed E-state index contributed by atoms with van der Waals surface area (Å²) in [5.74, 6) is 0.396. The van der Waals surface area contributed by atoms with Gasteiger partial charge >= 0.3 is 5.38 Å². The number of fused-ring (bicyclic) bond motifs is 1. The first-order valence-corrected chi connectivity index (χ1v) is 4.04. The molecule has 1 N–H and O–H groups in total. The molecule has 0 saturated carbocycles.